The Hall–Kier alpha value is -0.520. The van der Waals surface area contributed by atoms with Gasteiger partial charge in [-0.05, 0) is 54.3 Å². The van der Waals surface area contributed by atoms with Crippen LogP contribution in [0.1, 0.15) is 12.0 Å². The Morgan fingerprint density at radius 3 is 2.80 bits per heavy atom. The Morgan fingerprint density at radius 1 is 1.30 bits per heavy atom. The van der Waals surface area contributed by atoms with E-state index in [2.05, 4.69) is 35.5 Å². The van der Waals surface area contributed by atoms with Gasteiger partial charge in [-0.3, -0.25) is 0 Å². The first-order valence-corrected chi connectivity index (χ1v) is 9.49. The van der Waals surface area contributed by atoms with Crippen molar-refractivity contribution in [3.63, 3.8) is 0 Å². The summed E-state index contributed by atoms with van der Waals surface area (Å²) < 4.78 is 11.3. The van der Waals surface area contributed by atoms with Crippen LogP contribution in [0, 0.1) is 5.92 Å². The predicted molar refractivity (Wildman–Crippen MR) is 86.4 cm³/mol. The molecule has 1 aromatic carbocycles. The first-order chi connectivity index (χ1) is 9.86. The molecule has 20 heavy (non-hydrogen) atoms. The molecular formula is C15H21NO2S2. The number of nitrogens with one attached hydrogen (secondary N) is 1. The summed E-state index contributed by atoms with van der Waals surface area (Å²) >= 11 is 3.85. The fraction of sp³-hybridized carbons (Fsp3) is 0.600. The average molecular weight is 311 g/mol. The van der Waals surface area contributed by atoms with E-state index in [4.69, 9.17) is 9.47 Å². The van der Waals surface area contributed by atoms with Crippen LogP contribution in [0.4, 0.5) is 0 Å². The summed E-state index contributed by atoms with van der Waals surface area (Å²) in [6.45, 7) is 3.33. The standard InChI is InChI=1S/C15H21NO2S2/c1-19-15-7-14-13(17-3-4-18-14)6-12(15)9-16-8-11-2-5-20-10-11/h6-7,11,16H,2-5,8-10H2,1H3. The summed E-state index contributed by atoms with van der Waals surface area (Å²) in [5.41, 5.74) is 1.31. The number of hydrogen-bond acceptors (Lipinski definition) is 5. The maximum Gasteiger partial charge on any atom is 0.162 e. The lowest BCUT2D eigenvalue weighted by molar-refractivity contribution is 0.171. The highest BCUT2D eigenvalue weighted by molar-refractivity contribution is 7.99. The quantitative estimate of drug-likeness (QED) is 0.845. The largest absolute Gasteiger partial charge is 0.486 e. The Labute approximate surface area is 129 Å². The molecule has 0 spiro atoms. The third kappa shape index (κ3) is 3.38. The molecule has 2 heterocycles. The second-order valence-corrected chi connectivity index (χ2v) is 7.17. The molecule has 0 bridgehead atoms. The van der Waals surface area contributed by atoms with E-state index in [0.717, 1.165) is 30.5 Å². The van der Waals surface area contributed by atoms with Gasteiger partial charge in [0.05, 0.1) is 0 Å². The summed E-state index contributed by atoms with van der Waals surface area (Å²) in [5, 5.41) is 3.60. The van der Waals surface area contributed by atoms with Gasteiger partial charge in [0, 0.05) is 11.4 Å². The van der Waals surface area contributed by atoms with Gasteiger partial charge in [-0.25, -0.2) is 0 Å². The van der Waals surface area contributed by atoms with Crippen LogP contribution >= 0.6 is 23.5 Å². The Morgan fingerprint density at radius 2 is 2.10 bits per heavy atom. The zero-order chi connectivity index (χ0) is 13.8. The highest BCUT2D eigenvalue weighted by Gasteiger charge is 2.17. The first-order valence-electron chi connectivity index (χ1n) is 7.12. The predicted octanol–water partition coefficient (Wildman–Crippen LogP) is 3.02. The third-order valence-corrected chi connectivity index (χ3v) is 5.77. The van der Waals surface area contributed by atoms with Gasteiger partial charge in [0.15, 0.2) is 11.5 Å². The van der Waals surface area contributed by atoms with Gasteiger partial charge in [-0.1, -0.05) is 0 Å². The lowest BCUT2D eigenvalue weighted by Crippen LogP contribution is -2.23. The van der Waals surface area contributed by atoms with E-state index in [9.17, 15) is 0 Å². The summed E-state index contributed by atoms with van der Waals surface area (Å²) in [4.78, 5) is 1.28. The second-order valence-electron chi connectivity index (χ2n) is 5.17. The van der Waals surface area contributed by atoms with Crippen LogP contribution in [-0.2, 0) is 6.54 Å². The normalized spacial score (nSPS) is 21.1. The fourth-order valence-electron chi connectivity index (χ4n) is 2.60. The smallest absolute Gasteiger partial charge is 0.162 e. The molecule has 1 saturated heterocycles. The fourth-order valence-corrected chi connectivity index (χ4v) is 4.50. The van der Waals surface area contributed by atoms with E-state index in [0.29, 0.717) is 13.2 Å². The minimum absolute atomic E-state index is 0.651. The Kier molecular flexibility index (Phi) is 5.02. The monoisotopic (exact) mass is 311 g/mol. The third-order valence-electron chi connectivity index (χ3n) is 3.72. The van der Waals surface area contributed by atoms with Gasteiger partial charge < -0.3 is 14.8 Å². The molecular weight excluding hydrogens is 290 g/mol. The minimum Gasteiger partial charge on any atom is -0.486 e. The molecule has 0 aromatic heterocycles. The van der Waals surface area contributed by atoms with Crippen LogP contribution in [0.15, 0.2) is 17.0 Å². The van der Waals surface area contributed by atoms with Gasteiger partial charge in [-0.2, -0.15) is 11.8 Å². The van der Waals surface area contributed by atoms with Crippen molar-refractivity contribution in [2.75, 3.05) is 37.5 Å². The second kappa shape index (κ2) is 6.96. The Balaban J connectivity index is 1.64. The van der Waals surface area contributed by atoms with E-state index in [1.807, 2.05) is 0 Å². The Bertz CT molecular complexity index is 461. The molecule has 1 unspecified atom stereocenters. The van der Waals surface area contributed by atoms with E-state index in [-0.39, 0.29) is 0 Å². The molecule has 5 heteroatoms. The molecule has 110 valence electrons. The van der Waals surface area contributed by atoms with Crippen molar-refractivity contribution >= 4 is 23.5 Å². The number of ether oxygens (including phenoxy) is 2. The number of rotatable bonds is 5. The molecule has 2 aliphatic heterocycles. The lowest BCUT2D eigenvalue weighted by atomic mass is 10.1. The van der Waals surface area contributed by atoms with Crippen molar-refractivity contribution in [2.24, 2.45) is 5.92 Å². The lowest BCUT2D eigenvalue weighted by Gasteiger charge is -2.21. The maximum absolute atomic E-state index is 5.68. The van der Waals surface area contributed by atoms with Crippen molar-refractivity contribution in [3.05, 3.63) is 17.7 Å². The van der Waals surface area contributed by atoms with Crippen LogP contribution in [0.3, 0.4) is 0 Å². The SMILES string of the molecule is CSc1cc2c(cc1CNCC1CCSC1)OCCO2. The first kappa shape index (κ1) is 14.4. The summed E-state index contributed by atoms with van der Waals surface area (Å²) in [7, 11) is 0. The number of fused-ring (bicyclic) bond motifs is 1. The zero-order valence-corrected chi connectivity index (χ0v) is 13.4. The minimum atomic E-state index is 0.651. The van der Waals surface area contributed by atoms with Gasteiger partial charge in [0.25, 0.3) is 0 Å². The molecule has 0 radical (unpaired) electrons. The van der Waals surface area contributed by atoms with Crippen molar-refractivity contribution in [3.8, 4) is 11.5 Å². The molecule has 1 N–H and O–H groups in total. The molecule has 3 rings (SSSR count). The van der Waals surface area contributed by atoms with Crippen molar-refractivity contribution in [2.45, 2.75) is 17.9 Å². The zero-order valence-electron chi connectivity index (χ0n) is 11.8. The molecule has 0 saturated carbocycles. The van der Waals surface area contributed by atoms with Crippen molar-refractivity contribution < 1.29 is 9.47 Å². The van der Waals surface area contributed by atoms with Crippen molar-refractivity contribution in [1.29, 1.82) is 0 Å². The van der Waals surface area contributed by atoms with Gasteiger partial charge in [-0.15, -0.1) is 11.8 Å². The number of thioether (sulfide) groups is 2. The highest BCUT2D eigenvalue weighted by Crippen LogP contribution is 2.36. The summed E-state index contributed by atoms with van der Waals surface area (Å²) in [5.74, 6) is 5.25. The van der Waals surface area contributed by atoms with Crippen LogP contribution < -0.4 is 14.8 Å². The molecule has 3 nitrogen and oxygen atoms in total. The van der Waals surface area contributed by atoms with E-state index >= 15 is 0 Å². The van der Waals surface area contributed by atoms with Crippen LogP contribution in [0.2, 0.25) is 0 Å². The average Bonchev–Trinajstić information content (AvgIpc) is 3.00. The van der Waals surface area contributed by atoms with Crippen LogP contribution in [-0.4, -0.2) is 37.5 Å². The van der Waals surface area contributed by atoms with E-state index in [1.165, 1.54) is 28.4 Å². The van der Waals surface area contributed by atoms with Crippen LogP contribution in [0.5, 0.6) is 11.5 Å². The van der Waals surface area contributed by atoms with Gasteiger partial charge in [0.1, 0.15) is 13.2 Å². The molecule has 1 aromatic rings. The molecule has 1 fully saturated rings. The molecule has 0 aliphatic carbocycles. The summed E-state index contributed by atoms with van der Waals surface area (Å²) in [6, 6.07) is 4.25. The molecule has 1 atom stereocenters. The van der Waals surface area contributed by atoms with Gasteiger partial charge in [0.2, 0.25) is 0 Å². The topological polar surface area (TPSA) is 30.5 Å². The number of benzene rings is 1. The summed E-state index contributed by atoms with van der Waals surface area (Å²) in [6.07, 6.45) is 3.47. The maximum atomic E-state index is 5.68. The molecule has 2 aliphatic rings. The van der Waals surface area contributed by atoms with Gasteiger partial charge >= 0.3 is 0 Å². The molecule has 0 amide bonds. The van der Waals surface area contributed by atoms with Crippen LogP contribution in [0.25, 0.3) is 0 Å². The van der Waals surface area contributed by atoms with E-state index < -0.39 is 0 Å². The van der Waals surface area contributed by atoms with Crippen molar-refractivity contribution in [1.82, 2.24) is 5.32 Å². The van der Waals surface area contributed by atoms with E-state index in [1.54, 1.807) is 11.8 Å². The highest BCUT2D eigenvalue weighted by atomic mass is 32.2. The number of hydrogen-bond donors (Lipinski definition) is 1.